The molecule has 2 nitrogen and oxygen atoms in total. The van der Waals surface area contributed by atoms with E-state index in [-0.39, 0.29) is 5.13 Å². The highest BCUT2D eigenvalue weighted by Crippen LogP contribution is 2.34. The number of halogens is 3. The van der Waals surface area contributed by atoms with Crippen LogP contribution in [0.15, 0.2) is 69.6 Å². The Bertz CT molecular complexity index is 1210. The lowest BCUT2D eigenvalue weighted by Crippen LogP contribution is -1.98. The van der Waals surface area contributed by atoms with Gasteiger partial charge in [0.2, 0.25) is 0 Å². The Kier molecular flexibility index (Phi) is 8.22. The molecule has 31 heavy (non-hydrogen) atoms. The fraction of sp³-hybridized carbons (Fsp3) is 0.125. The van der Waals surface area contributed by atoms with Gasteiger partial charge in [0.05, 0.1) is 5.56 Å². The molecule has 0 saturated heterocycles. The lowest BCUT2D eigenvalue weighted by molar-refractivity contribution is 0.0696. The third-order valence-electron chi connectivity index (χ3n) is 4.58. The zero-order valence-corrected chi connectivity index (χ0v) is 21.6. The van der Waals surface area contributed by atoms with Crippen LogP contribution in [-0.4, -0.2) is 11.1 Å². The molecule has 0 aliphatic heterocycles. The van der Waals surface area contributed by atoms with E-state index >= 15 is 0 Å². The van der Waals surface area contributed by atoms with E-state index in [0.29, 0.717) is 5.56 Å². The molecule has 4 aromatic rings. The maximum atomic E-state index is 13.1. The van der Waals surface area contributed by atoms with Crippen molar-refractivity contribution in [3.05, 3.63) is 102 Å². The van der Waals surface area contributed by atoms with E-state index in [4.69, 9.17) is 5.11 Å². The Labute approximate surface area is 205 Å². The summed E-state index contributed by atoms with van der Waals surface area (Å²) in [5.41, 5.74) is 3.75. The minimum Gasteiger partial charge on any atom is -0.478 e. The second-order valence-corrected chi connectivity index (χ2v) is 10.9. The van der Waals surface area contributed by atoms with Crippen molar-refractivity contribution in [2.24, 2.45) is 0 Å². The van der Waals surface area contributed by atoms with Gasteiger partial charge in [0.1, 0.15) is 0 Å². The number of hydrogen-bond acceptors (Lipinski definition) is 3. The number of rotatable bonds is 4. The van der Waals surface area contributed by atoms with Crippen LogP contribution in [0, 0.1) is 19.0 Å². The summed E-state index contributed by atoms with van der Waals surface area (Å²) in [7, 11) is 0. The summed E-state index contributed by atoms with van der Waals surface area (Å²) in [6.07, 6.45) is 0.920. The molecule has 160 valence electrons. The topological polar surface area (TPSA) is 37.3 Å². The van der Waals surface area contributed by atoms with Crippen molar-refractivity contribution in [1.82, 2.24) is 0 Å². The van der Waals surface area contributed by atoms with Crippen LogP contribution in [0.3, 0.4) is 0 Å². The third kappa shape index (κ3) is 6.59. The van der Waals surface area contributed by atoms with E-state index in [1.54, 1.807) is 30.4 Å². The lowest BCUT2D eigenvalue weighted by atomic mass is 10.1. The van der Waals surface area contributed by atoms with Gasteiger partial charge < -0.3 is 5.11 Å². The first-order valence-corrected chi connectivity index (χ1v) is 12.5. The van der Waals surface area contributed by atoms with Gasteiger partial charge in [0.25, 0.3) is 0 Å². The van der Waals surface area contributed by atoms with E-state index in [9.17, 15) is 9.18 Å². The summed E-state index contributed by atoms with van der Waals surface area (Å²) in [4.78, 5) is 14.0. The predicted octanol–water partition coefficient (Wildman–Crippen LogP) is 8.73. The highest BCUT2D eigenvalue weighted by molar-refractivity contribution is 9.10. The van der Waals surface area contributed by atoms with Crippen molar-refractivity contribution in [2.45, 2.75) is 20.3 Å². The van der Waals surface area contributed by atoms with Crippen molar-refractivity contribution in [3.63, 3.8) is 0 Å². The van der Waals surface area contributed by atoms with E-state index in [1.165, 1.54) is 33.4 Å². The molecule has 0 fully saturated rings. The summed E-state index contributed by atoms with van der Waals surface area (Å²) in [5.74, 6) is -0.885. The number of carboxylic acids is 1. The lowest BCUT2D eigenvalue weighted by Gasteiger charge is -2.04. The number of carbonyl (C=O) groups is 1. The van der Waals surface area contributed by atoms with Crippen molar-refractivity contribution in [1.29, 1.82) is 0 Å². The first-order chi connectivity index (χ1) is 14.7. The molecule has 0 saturated carbocycles. The first-order valence-electron chi connectivity index (χ1n) is 9.32. The highest BCUT2D eigenvalue weighted by atomic mass is 79.9. The predicted molar refractivity (Wildman–Crippen MR) is 135 cm³/mol. The van der Waals surface area contributed by atoms with Gasteiger partial charge in [0, 0.05) is 30.0 Å². The molecular formula is C24H19Br2FO2S2. The molecule has 4 rings (SSSR count). The summed E-state index contributed by atoms with van der Waals surface area (Å²) in [6, 6.07) is 19.1. The van der Waals surface area contributed by atoms with Gasteiger partial charge in [-0.3, -0.25) is 0 Å². The van der Waals surface area contributed by atoms with Gasteiger partial charge in [-0.15, -0.1) is 22.7 Å². The molecular weight excluding hydrogens is 563 g/mol. The second kappa shape index (κ2) is 10.7. The van der Waals surface area contributed by atoms with Gasteiger partial charge in [0.15, 0.2) is 5.13 Å². The molecule has 0 unspecified atom stereocenters. The molecule has 2 heterocycles. The molecule has 0 spiro atoms. The second-order valence-electron chi connectivity index (χ2n) is 6.88. The average molecular weight is 582 g/mol. The van der Waals surface area contributed by atoms with Crippen molar-refractivity contribution < 1.29 is 14.3 Å². The Hall–Kier alpha value is -1.80. The smallest absolute Gasteiger partial charge is 0.335 e. The maximum Gasteiger partial charge on any atom is 0.335 e. The minimum absolute atomic E-state index is 0.127. The van der Waals surface area contributed by atoms with Crippen LogP contribution < -0.4 is 0 Å². The molecule has 1 N–H and O–H groups in total. The van der Waals surface area contributed by atoms with E-state index in [0.717, 1.165) is 30.7 Å². The van der Waals surface area contributed by atoms with Crippen molar-refractivity contribution in [2.75, 3.05) is 0 Å². The Morgan fingerprint density at radius 2 is 1.48 bits per heavy atom. The molecule has 0 amide bonds. The van der Waals surface area contributed by atoms with Crippen LogP contribution in [0.4, 0.5) is 4.39 Å². The number of thiophene rings is 2. The first kappa shape index (κ1) is 23.9. The minimum atomic E-state index is -0.885. The molecule has 2 aromatic heterocycles. The standard InChI is InChI=1S/C16H12BrFS2.C8H7BrO2/c1-10-2-3-12(17)8-11(10)9-13-4-5-14(19-13)15-6-7-16(18)20-15;1-5-2-3-6(9)4-7(5)8(10)11/h2-8H,9H2,1H3;2-4H,1H3,(H,10,11). The summed E-state index contributed by atoms with van der Waals surface area (Å²) < 4.78 is 15.0. The molecule has 0 atom stereocenters. The summed E-state index contributed by atoms with van der Waals surface area (Å²) in [5, 5.41) is 8.54. The summed E-state index contributed by atoms with van der Waals surface area (Å²) >= 11 is 9.66. The number of aryl methyl sites for hydroxylation is 2. The van der Waals surface area contributed by atoms with Gasteiger partial charge in [-0.05, 0) is 79.1 Å². The third-order valence-corrected chi connectivity index (χ3v) is 7.72. The van der Waals surface area contributed by atoms with Crippen LogP contribution in [0.2, 0.25) is 0 Å². The van der Waals surface area contributed by atoms with E-state index < -0.39 is 5.97 Å². The zero-order chi connectivity index (χ0) is 22.5. The van der Waals surface area contributed by atoms with Crippen LogP contribution >= 0.6 is 54.5 Å². The van der Waals surface area contributed by atoms with Gasteiger partial charge in [-0.2, -0.15) is 4.39 Å². The van der Waals surface area contributed by atoms with Crippen LogP contribution in [0.25, 0.3) is 9.75 Å². The van der Waals surface area contributed by atoms with Crippen LogP contribution in [0.1, 0.15) is 31.9 Å². The maximum absolute atomic E-state index is 13.1. The average Bonchev–Trinajstić information content (AvgIpc) is 3.36. The van der Waals surface area contributed by atoms with Crippen molar-refractivity contribution >= 4 is 60.5 Å². The van der Waals surface area contributed by atoms with E-state index in [2.05, 4.69) is 69.1 Å². The SMILES string of the molecule is Cc1ccc(Br)cc1C(=O)O.Cc1ccc(Br)cc1Cc1ccc(-c2ccc(F)s2)s1. The number of aromatic carboxylic acids is 1. The largest absolute Gasteiger partial charge is 0.478 e. The Morgan fingerprint density at radius 3 is 2.10 bits per heavy atom. The monoisotopic (exact) mass is 580 g/mol. The van der Waals surface area contributed by atoms with Crippen LogP contribution in [-0.2, 0) is 6.42 Å². The fourth-order valence-corrected chi connectivity index (χ4v) is 5.52. The normalized spacial score (nSPS) is 10.5. The fourth-order valence-electron chi connectivity index (χ4n) is 2.89. The number of carboxylic acid groups (broad SMARTS) is 1. The zero-order valence-electron chi connectivity index (χ0n) is 16.8. The van der Waals surface area contributed by atoms with E-state index in [1.807, 2.05) is 12.1 Å². The Balaban J connectivity index is 0.000000210. The summed E-state index contributed by atoms with van der Waals surface area (Å²) in [6.45, 7) is 3.90. The molecule has 0 aliphatic carbocycles. The number of benzene rings is 2. The quantitative estimate of drug-likeness (QED) is 0.261. The van der Waals surface area contributed by atoms with Crippen molar-refractivity contribution in [3.8, 4) is 9.75 Å². The number of hydrogen-bond donors (Lipinski definition) is 1. The Morgan fingerprint density at radius 1 is 0.871 bits per heavy atom. The molecule has 7 heteroatoms. The highest BCUT2D eigenvalue weighted by Gasteiger charge is 2.08. The van der Waals surface area contributed by atoms with Gasteiger partial charge >= 0.3 is 5.97 Å². The molecule has 2 aromatic carbocycles. The van der Waals surface area contributed by atoms with Gasteiger partial charge in [-0.25, -0.2) is 4.79 Å². The molecule has 0 bridgehead atoms. The van der Waals surface area contributed by atoms with Crippen LogP contribution in [0.5, 0.6) is 0 Å². The molecule has 0 aliphatic rings. The molecule has 0 radical (unpaired) electrons. The van der Waals surface area contributed by atoms with Gasteiger partial charge in [-0.1, -0.05) is 44.0 Å².